The van der Waals surface area contributed by atoms with Crippen molar-refractivity contribution in [1.82, 2.24) is 5.32 Å². The summed E-state index contributed by atoms with van der Waals surface area (Å²) in [7, 11) is 1.63. The van der Waals surface area contributed by atoms with Crippen LogP contribution in [0.15, 0.2) is 36.4 Å². The van der Waals surface area contributed by atoms with Gasteiger partial charge < -0.3 is 19.9 Å². The first-order valence-electron chi connectivity index (χ1n) is 10.1. The van der Waals surface area contributed by atoms with Crippen molar-refractivity contribution in [2.75, 3.05) is 20.3 Å². The highest BCUT2D eigenvalue weighted by atomic mass is 35.5. The minimum absolute atomic E-state index is 0. The fourth-order valence-electron chi connectivity index (χ4n) is 3.86. The van der Waals surface area contributed by atoms with E-state index in [0.29, 0.717) is 23.7 Å². The molecule has 0 bridgehead atoms. The largest absolute Gasteiger partial charge is 0.496 e. The third kappa shape index (κ3) is 6.11. The van der Waals surface area contributed by atoms with Gasteiger partial charge in [0.15, 0.2) is 0 Å². The number of carbonyl (C=O) groups is 1. The average Bonchev–Trinajstić information content (AvgIpc) is 2.93. The number of carbonyl (C=O) groups excluding carboxylic acids is 1. The zero-order chi connectivity index (χ0) is 20.8. The molecule has 0 heterocycles. The molecule has 1 aliphatic rings. The topological polar surface area (TPSA) is 67.8 Å². The van der Waals surface area contributed by atoms with Gasteiger partial charge >= 0.3 is 5.97 Å². The average molecular weight is 454 g/mol. The zero-order valence-corrected chi connectivity index (χ0v) is 18.9. The quantitative estimate of drug-likeness (QED) is 0.476. The smallest absolute Gasteiger partial charge is 0.338 e. The summed E-state index contributed by atoms with van der Waals surface area (Å²) in [5.41, 5.74) is 3.56. The summed E-state index contributed by atoms with van der Waals surface area (Å²) in [6.45, 7) is 2.57. The first kappa shape index (κ1) is 24.5. The van der Waals surface area contributed by atoms with E-state index < -0.39 is 6.10 Å². The van der Waals surface area contributed by atoms with Crippen molar-refractivity contribution in [1.29, 1.82) is 0 Å². The van der Waals surface area contributed by atoms with Gasteiger partial charge in [0.1, 0.15) is 5.75 Å². The van der Waals surface area contributed by atoms with Gasteiger partial charge in [-0.2, -0.15) is 0 Å². The van der Waals surface area contributed by atoms with Crippen molar-refractivity contribution >= 4 is 30.0 Å². The molecule has 0 radical (unpaired) electrons. The molecule has 0 spiro atoms. The minimum atomic E-state index is -0.628. The molecule has 30 heavy (non-hydrogen) atoms. The van der Waals surface area contributed by atoms with E-state index in [1.807, 2.05) is 18.2 Å². The molecule has 5 nitrogen and oxygen atoms in total. The fraction of sp³-hybridized carbons (Fsp3) is 0.435. The Morgan fingerprint density at radius 3 is 2.83 bits per heavy atom. The Labute approximate surface area is 189 Å². The molecule has 0 saturated carbocycles. The fourth-order valence-corrected chi connectivity index (χ4v) is 4.06. The number of methoxy groups -OCH3 is 1. The molecule has 164 valence electrons. The maximum atomic E-state index is 12.2. The number of aliphatic hydroxyl groups excluding tert-OH is 1. The van der Waals surface area contributed by atoms with Crippen LogP contribution in [0.4, 0.5) is 0 Å². The first-order chi connectivity index (χ1) is 14.0. The van der Waals surface area contributed by atoms with Gasteiger partial charge in [0, 0.05) is 17.6 Å². The highest BCUT2D eigenvalue weighted by Gasteiger charge is 2.23. The summed E-state index contributed by atoms with van der Waals surface area (Å²) in [6, 6.07) is 11.2. The number of ether oxygens (including phenoxy) is 2. The van der Waals surface area contributed by atoms with Crippen LogP contribution in [0, 0.1) is 0 Å². The predicted octanol–water partition coefficient (Wildman–Crippen LogP) is 4.52. The first-order valence-corrected chi connectivity index (χ1v) is 10.4. The van der Waals surface area contributed by atoms with Gasteiger partial charge in [0.25, 0.3) is 0 Å². The normalized spacial score (nSPS) is 16.6. The van der Waals surface area contributed by atoms with Crippen LogP contribution in [0.1, 0.15) is 52.9 Å². The van der Waals surface area contributed by atoms with Crippen molar-refractivity contribution in [2.45, 2.75) is 44.8 Å². The summed E-state index contributed by atoms with van der Waals surface area (Å²) < 4.78 is 10.7. The standard InChI is InChI=1S/C23H28ClNO4.ClH/c1-3-29-23(27)17-10-16-12-19(8-5-9-20(16)22(13-17)28-2)25-14-21(26)15-6-4-7-18(24)11-15;/h4,6-7,10-11,13,19,21,25-26H,3,5,8-9,12,14H2,1-2H3;1H/t19?,21-;/m0./s1. The van der Waals surface area contributed by atoms with E-state index in [0.717, 1.165) is 48.1 Å². The SMILES string of the molecule is CCOC(=O)c1cc2c(c(OC)c1)CCCC(NC[C@H](O)c1cccc(Cl)c1)C2.Cl. The van der Waals surface area contributed by atoms with E-state index in [1.54, 1.807) is 32.2 Å². The molecular weight excluding hydrogens is 425 g/mol. The van der Waals surface area contributed by atoms with Gasteiger partial charge in [-0.05, 0) is 73.6 Å². The van der Waals surface area contributed by atoms with Crippen molar-refractivity contribution in [3.63, 3.8) is 0 Å². The van der Waals surface area contributed by atoms with Gasteiger partial charge in [-0.1, -0.05) is 23.7 Å². The molecule has 1 aliphatic carbocycles. The van der Waals surface area contributed by atoms with Gasteiger partial charge in [-0.3, -0.25) is 0 Å². The Morgan fingerprint density at radius 1 is 1.33 bits per heavy atom. The van der Waals surface area contributed by atoms with Gasteiger partial charge in [-0.25, -0.2) is 4.79 Å². The van der Waals surface area contributed by atoms with Crippen molar-refractivity contribution in [3.05, 3.63) is 63.7 Å². The Balaban J connectivity index is 0.00000320. The lowest BCUT2D eigenvalue weighted by molar-refractivity contribution is 0.0525. The minimum Gasteiger partial charge on any atom is -0.496 e. The number of rotatable bonds is 7. The molecule has 2 N–H and O–H groups in total. The zero-order valence-electron chi connectivity index (χ0n) is 17.3. The van der Waals surface area contributed by atoms with E-state index in [4.69, 9.17) is 21.1 Å². The second-order valence-electron chi connectivity index (χ2n) is 7.31. The van der Waals surface area contributed by atoms with E-state index in [1.165, 1.54) is 0 Å². The van der Waals surface area contributed by atoms with Crippen LogP contribution in [-0.2, 0) is 17.6 Å². The summed E-state index contributed by atoms with van der Waals surface area (Å²) >= 11 is 6.03. The van der Waals surface area contributed by atoms with Gasteiger partial charge in [0.2, 0.25) is 0 Å². The number of halogens is 2. The molecule has 1 unspecified atom stereocenters. The van der Waals surface area contributed by atoms with Crippen molar-refractivity contribution < 1.29 is 19.4 Å². The molecule has 0 aliphatic heterocycles. The molecule has 0 fully saturated rings. The molecule has 0 amide bonds. The number of hydrogen-bond donors (Lipinski definition) is 2. The van der Waals surface area contributed by atoms with E-state index in [9.17, 15) is 9.90 Å². The number of hydrogen-bond acceptors (Lipinski definition) is 5. The molecule has 2 atom stereocenters. The summed E-state index contributed by atoms with van der Waals surface area (Å²) in [5.74, 6) is 0.406. The third-order valence-corrected chi connectivity index (χ3v) is 5.55. The summed E-state index contributed by atoms with van der Waals surface area (Å²) in [4.78, 5) is 12.2. The molecule has 3 rings (SSSR count). The maximum absolute atomic E-state index is 12.2. The van der Waals surface area contributed by atoms with Crippen molar-refractivity contribution in [3.8, 4) is 5.75 Å². The van der Waals surface area contributed by atoms with E-state index in [2.05, 4.69) is 5.32 Å². The Morgan fingerprint density at radius 2 is 2.13 bits per heavy atom. The molecule has 2 aromatic rings. The van der Waals surface area contributed by atoms with Gasteiger partial charge in [-0.15, -0.1) is 12.4 Å². The monoisotopic (exact) mass is 453 g/mol. The lowest BCUT2D eigenvalue weighted by Crippen LogP contribution is -2.34. The molecular formula is C23H29Cl2NO4. The van der Waals surface area contributed by atoms with Gasteiger partial charge in [0.05, 0.1) is 25.4 Å². The lowest BCUT2D eigenvalue weighted by atomic mass is 9.97. The third-order valence-electron chi connectivity index (χ3n) is 5.31. The van der Waals surface area contributed by atoms with Crippen molar-refractivity contribution in [2.24, 2.45) is 0 Å². The number of esters is 1. The van der Waals surface area contributed by atoms with E-state index in [-0.39, 0.29) is 24.4 Å². The van der Waals surface area contributed by atoms with E-state index >= 15 is 0 Å². The molecule has 0 aromatic heterocycles. The maximum Gasteiger partial charge on any atom is 0.338 e. The Hall–Kier alpha value is -1.79. The second-order valence-corrected chi connectivity index (χ2v) is 7.75. The Kier molecular flexibility index (Phi) is 9.43. The predicted molar refractivity (Wildman–Crippen MR) is 121 cm³/mol. The molecule has 0 saturated heterocycles. The number of nitrogens with one attached hydrogen (secondary N) is 1. The number of fused-ring (bicyclic) bond motifs is 1. The second kappa shape index (κ2) is 11.6. The van der Waals surface area contributed by atoms with Crippen LogP contribution >= 0.6 is 24.0 Å². The lowest BCUT2D eigenvalue weighted by Gasteiger charge is -2.20. The van der Waals surface area contributed by atoms with Crippen LogP contribution in [-0.4, -0.2) is 37.4 Å². The summed E-state index contributed by atoms with van der Waals surface area (Å²) in [6.07, 6.45) is 3.02. The highest BCUT2D eigenvalue weighted by Crippen LogP contribution is 2.31. The van der Waals surface area contributed by atoms with Crippen LogP contribution in [0.2, 0.25) is 5.02 Å². The van der Waals surface area contributed by atoms with Crippen LogP contribution in [0.3, 0.4) is 0 Å². The van der Waals surface area contributed by atoms with Crippen LogP contribution in [0.5, 0.6) is 5.75 Å². The molecule has 2 aromatic carbocycles. The molecule has 7 heteroatoms. The van der Waals surface area contributed by atoms with Crippen LogP contribution < -0.4 is 10.1 Å². The number of benzene rings is 2. The number of aliphatic hydroxyl groups is 1. The van der Waals surface area contributed by atoms with Crippen LogP contribution in [0.25, 0.3) is 0 Å². The highest BCUT2D eigenvalue weighted by molar-refractivity contribution is 6.30. The Bertz CT molecular complexity index is 859. The summed E-state index contributed by atoms with van der Waals surface area (Å²) in [5, 5.41) is 14.6.